The van der Waals surface area contributed by atoms with Gasteiger partial charge < -0.3 is 39.0 Å². The zero-order chi connectivity index (χ0) is 25.6. The van der Waals surface area contributed by atoms with Crippen molar-refractivity contribution in [2.24, 2.45) is 7.05 Å². The zero-order valence-corrected chi connectivity index (χ0v) is 20.0. The molecule has 10 heteroatoms. The molecule has 0 spiro atoms. The summed E-state index contributed by atoms with van der Waals surface area (Å²) in [5.74, 6) is 0.116. The molecule has 4 N–H and O–H groups in total. The molecule has 1 aliphatic heterocycles. The largest absolute Gasteiger partial charge is 0.460 e. The van der Waals surface area contributed by atoms with Gasteiger partial charge in [-0.05, 0) is 42.5 Å². The lowest BCUT2D eigenvalue weighted by atomic mass is 9.99. The Balaban J connectivity index is 1.59. The fraction of sp³-hybridized carbons (Fsp3) is 0.269. The Labute approximate surface area is 211 Å². The maximum absolute atomic E-state index is 13.4. The standard InChI is InChI=1S/C26H25ClN2O7/c1-28-10-4-7-18(28)22(31)16-5-2-3-6-17(16)29-12-20(15-9-8-14(27)11-19(15)29)35-26-25(34)24(33)23(32)21(13-30)36-26/h2-12,21,23-26,30,32-34H,13H2,1H3/t21-,23+,24+,25-,26-/m0/s1. The highest BCUT2D eigenvalue weighted by Gasteiger charge is 2.45. The van der Waals surface area contributed by atoms with Crippen molar-refractivity contribution in [2.45, 2.75) is 30.7 Å². The maximum Gasteiger partial charge on any atom is 0.229 e. The van der Waals surface area contributed by atoms with Crippen LogP contribution >= 0.6 is 11.6 Å². The van der Waals surface area contributed by atoms with Crippen LogP contribution in [0.3, 0.4) is 0 Å². The van der Waals surface area contributed by atoms with Crippen molar-refractivity contribution < 1.29 is 34.7 Å². The normalized spacial score (nSPS) is 24.2. The van der Waals surface area contributed by atoms with E-state index in [1.165, 1.54) is 0 Å². The van der Waals surface area contributed by atoms with Crippen molar-refractivity contribution in [2.75, 3.05) is 6.61 Å². The lowest BCUT2D eigenvalue weighted by molar-refractivity contribution is -0.277. The van der Waals surface area contributed by atoms with Gasteiger partial charge in [-0.3, -0.25) is 4.79 Å². The van der Waals surface area contributed by atoms with Crippen LogP contribution in [0.5, 0.6) is 5.75 Å². The molecule has 0 unspecified atom stereocenters. The van der Waals surface area contributed by atoms with Gasteiger partial charge in [0.15, 0.2) is 0 Å². The molecule has 1 saturated heterocycles. The molecule has 3 heterocycles. The topological polar surface area (TPSA) is 126 Å². The number of ether oxygens (including phenoxy) is 2. The Hall–Kier alpha value is -3.18. The Morgan fingerprint density at radius 1 is 1.06 bits per heavy atom. The first kappa shape index (κ1) is 24.5. The second-order valence-electron chi connectivity index (χ2n) is 8.69. The SMILES string of the molecule is Cn1cccc1C(=O)c1ccccc1-n1cc(O[C@H]2O[C@@H](CO)[C@@H](O)[C@@H](O)[C@@H]2O)c2ccc(Cl)cc21. The number of nitrogens with zero attached hydrogens (tertiary/aromatic N) is 2. The Morgan fingerprint density at radius 3 is 2.56 bits per heavy atom. The summed E-state index contributed by atoms with van der Waals surface area (Å²) in [5, 5.41) is 41.3. The van der Waals surface area contributed by atoms with E-state index in [9.17, 15) is 25.2 Å². The molecule has 1 aliphatic rings. The van der Waals surface area contributed by atoms with Gasteiger partial charge in [-0.2, -0.15) is 0 Å². The van der Waals surface area contributed by atoms with Gasteiger partial charge >= 0.3 is 0 Å². The number of aromatic nitrogens is 2. The van der Waals surface area contributed by atoms with Crippen LogP contribution in [-0.2, 0) is 11.8 Å². The van der Waals surface area contributed by atoms with E-state index in [2.05, 4.69) is 0 Å². The fourth-order valence-corrected chi connectivity index (χ4v) is 4.63. The molecule has 4 aromatic rings. The van der Waals surface area contributed by atoms with E-state index >= 15 is 0 Å². The Morgan fingerprint density at radius 2 is 1.83 bits per heavy atom. The molecule has 188 valence electrons. The van der Waals surface area contributed by atoms with E-state index in [1.54, 1.807) is 77.1 Å². The van der Waals surface area contributed by atoms with Gasteiger partial charge in [-0.25, -0.2) is 0 Å². The number of carbonyl (C=O) groups excluding carboxylic acids is 1. The van der Waals surface area contributed by atoms with Crippen molar-refractivity contribution in [1.82, 2.24) is 9.13 Å². The zero-order valence-electron chi connectivity index (χ0n) is 19.2. The molecule has 2 aromatic carbocycles. The quantitative estimate of drug-likeness (QED) is 0.291. The lowest BCUT2D eigenvalue weighted by Crippen LogP contribution is -2.60. The molecular weight excluding hydrogens is 488 g/mol. The van der Waals surface area contributed by atoms with Gasteiger partial charge in [-0.15, -0.1) is 0 Å². The number of hydrogen-bond acceptors (Lipinski definition) is 7. The third-order valence-electron chi connectivity index (χ3n) is 6.41. The summed E-state index contributed by atoms with van der Waals surface area (Å²) in [6.07, 6.45) is -3.69. The fourth-order valence-electron chi connectivity index (χ4n) is 4.46. The second-order valence-corrected chi connectivity index (χ2v) is 9.13. The third kappa shape index (κ3) is 4.20. The number of halogens is 1. The average Bonchev–Trinajstić information content (AvgIpc) is 3.47. The number of carbonyl (C=O) groups is 1. The molecule has 9 nitrogen and oxygen atoms in total. The van der Waals surface area contributed by atoms with Crippen LogP contribution in [0.15, 0.2) is 67.0 Å². The minimum Gasteiger partial charge on any atom is -0.460 e. The summed E-state index contributed by atoms with van der Waals surface area (Å²) in [5.41, 5.74) is 2.19. The minimum absolute atomic E-state index is 0.168. The summed E-state index contributed by atoms with van der Waals surface area (Å²) < 4.78 is 15.0. The van der Waals surface area contributed by atoms with Crippen LogP contribution < -0.4 is 4.74 Å². The lowest BCUT2D eigenvalue weighted by Gasteiger charge is -2.39. The third-order valence-corrected chi connectivity index (χ3v) is 6.64. The summed E-state index contributed by atoms with van der Waals surface area (Å²) in [4.78, 5) is 13.4. The molecule has 0 radical (unpaired) electrons. The number of aryl methyl sites for hydroxylation is 1. The van der Waals surface area contributed by atoms with E-state index in [0.29, 0.717) is 32.9 Å². The Kier molecular flexibility index (Phi) is 6.60. The van der Waals surface area contributed by atoms with Gasteiger partial charge in [0.25, 0.3) is 0 Å². The van der Waals surface area contributed by atoms with Crippen molar-refractivity contribution in [1.29, 1.82) is 0 Å². The average molecular weight is 513 g/mol. The van der Waals surface area contributed by atoms with Crippen LogP contribution in [0.4, 0.5) is 0 Å². The Bertz CT molecular complexity index is 1410. The van der Waals surface area contributed by atoms with E-state index < -0.39 is 37.3 Å². The number of para-hydroxylation sites is 1. The number of ketones is 1. The number of benzene rings is 2. The van der Waals surface area contributed by atoms with Gasteiger partial charge in [0.1, 0.15) is 30.2 Å². The molecule has 0 bridgehead atoms. The first-order chi connectivity index (χ1) is 17.3. The number of hydrogen-bond donors (Lipinski definition) is 4. The highest BCUT2D eigenvalue weighted by molar-refractivity contribution is 6.31. The molecule has 0 amide bonds. The van der Waals surface area contributed by atoms with Gasteiger partial charge in [0.05, 0.1) is 29.7 Å². The van der Waals surface area contributed by atoms with Crippen LogP contribution in [0.1, 0.15) is 16.1 Å². The van der Waals surface area contributed by atoms with Crippen molar-refractivity contribution >= 4 is 28.3 Å². The van der Waals surface area contributed by atoms with E-state index in [0.717, 1.165) is 0 Å². The molecule has 1 fully saturated rings. The highest BCUT2D eigenvalue weighted by atomic mass is 35.5. The van der Waals surface area contributed by atoms with Crippen LogP contribution in [0.25, 0.3) is 16.6 Å². The molecule has 2 aromatic heterocycles. The first-order valence-electron chi connectivity index (χ1n) is 11.3. The smallest absolute Gasteiger partial charge is 0.229 e. The number of fused-ring (bicyclic) bond motifs is 1. The summed E-state index contributed by atoms with van der Waals surface area (Å²) in [6.45, 7) is -0.573. The van der Waals surface area contributed by atoms with Gasteiger partial charge in [0.2, 0.25) is 12.1 Å². The second kappa shape index (κ2) is 9.70. The van der Waals surface area contributed by atoms with Gasteiger partial charge in [0, 0.05) is 29.2 Å². The number of aliphatic hydroxyl groups excluding tert-OH is 4. The molecular formula is C26H25ClN2O7. The van der Waals surface area contributed by atoms with Crippen LogP contribution in [0, 0.1) is 0 Å². The van der Waals surface area contributed by atoms with Crippen LogP contribution in [0.2, 0.25) is 5.02 Å². The molecule has 0 aliphatic carbocycles. The van der Waals surface area contributed by atoms with Crippen molar-refractivity contribution in [3.63, 3.8) is 0 Å². The predicted octanol–water partition coefficient (Wildman–Crippen LogP) is 2.03. The monoisotopic (exact) mass is 512 g/mol. The number of aliphatic hydroxyl groups is 4. The molecule has 0 saturated carbocycles. The highest BCUT2D eigenvalue weighted by Crippen LogP contribution is 2.36. The molecule has 5 rings (SSSR count). The van der Waals surface area contributed by atoms with E-state index in [1.807, 2.05) is 6.07 Å². The van der Waals surface area contributed by atoms with Crippen molar-refractivity contribution in [3.8, 4) is 11.4 Å². The van der Waals surface area contributed by atoms with Crippen LogP contribution in [-0.4, -0.2) is 72.7 Å². The molecule has 36 heavy (non-hydrogen) atoms. The predicted molar refractivity (Wildman–Crippen MR) is 132 cm³/mol. The van der Waals surface area contributed by atoms with E-state index in [4.69, 9.17) is 21.1 Å². The summed E-state index contributed by atoms with van der Waals surface area (Å²) >= 11 is 6.30. The van der Waals surface area contributed by atoms with Gasteiger partial charge in [-0.1, -0.05) is 23.7 Å². The first-order valence-corrected chi connectivity index (χ1v) is 11.7. The summed E-state index contributed by atoms with van der Waals surface area (Å²) in [7, 11) is 1.80. The summed E-state index contributed by atoms with van der Waals surface area (Å²) in [6, 6.07) is 15.8. The molecule has 5 atom stereocenters. The van der Waals surface area contributed by atoms with E-state index in [-0.39, 0.29) is 11.5 Å². The minimum atomic E-state index is -1.58. The maximum atomic E-state index is 13.4. The number of rotatable bonds is 6. The van der Waals surface area contributed by atoms with Crippen molar-refractivity contribution in [3.05, 3.63) is 83.3 Å².